The fourth-order valence-electron chi connectivity index (χ4n) is 1.93. The molecule has 2 aromatic rings. The summed E-state index contributed by atoms with van der Waals surface area (Å²) in [5.74, 6) is -0.922. The highest BCUT2D eigenvalue weighted by molar-refractivity contribution is 5.91. The number of amides is 1. The Labute approximate surface area is 132 Å². The van der Waals surface area contributed by atoms with Crippen LogP contribution in [0.1, 0.15) is 5.56 Å². The molecule has 10 heteroatoms. The van der Waals surface area contributed by atoms with Crippen LogP contribution in [0.25, 0.3) is 0 Å². The Hall–Kier alpha value is -3.17. The number of carbonyl (C=O) groups excluding carboxylic acids is 1. The third-order valence-corrected chi connectivity index (χ3v) is 3.00. The van der Waals surface area contributed by atoms with Gasteiger partial charge >= 0.3 is 6.18 Å². The molecule has 0 bridgehead atoms. The van der Waals surface area contributed by atoms with Crippen molar-refractivity contribution in [2.24, 2.45) is 0 Å². The molecule has 0 spiro atoms. The molecule has 0 unspecified atom stereocenters. The van der Waals surface area contributed by atoms with E-state index in [4.69, 9.17) is 0 Å². The highest BCUT2D eigenvalue weighted by Gasteiger charge is 2.33. The normalized spacial score (nSPS) is 11.1. The second kappa shape index (κ2) is 6.52. The topological polar surface area (TPSA) is 94.2 Å². The van der Waals surface area contributed by atoms with E-state index in [1.807, 2.05) is 0 Å². The van der Waals surface area contributed by atoms with E-state index in [0.717, 1.165) is 35.0 Å². The summed E-state index contributed by atoms with van der Waals surface area (Å²) in [7, 11) is 0. The number of anilines is 1. The molecule has 1 N–H and O–H groups in total. The van der Waals surface area contributed by atoms with Crippen molar-refractivity contribution in [3.8, 4) is 0 Å². The number of halogens is 3. The van der Waals surface area contributed by atoms with Gasteiger partial charge in [0.05, 0.1) is 22.4 Å². The van der Waals surface area contributed by atoms with Gasteiger partial charge in [-0.25, -0.2) is 0 Å². The van der Waals surface area contributed by atoms with Gasteiger partial charge in [-0.05, 0) is 12.1 Å². The molecule has 1 amide bonds. The molecule has 0 aliphatic carbocycles. The van der Waals surface area contributed by atoms with Gasteiger partial charge in [-0.1, -0.05) is 12.1 Å². The van der Waals surface area contributed by atoms with Crippen LogP contribution >= 0.6 is 0 Å². The van der Waals surface area contributed by atoms with Gasteiger partial charge < -0.3 is 5.32 Å². The lowest BCUT2D eigenvalue weighted by molar-refractivity contribution is -0.385. The largest absolute Gasteiger partial charge is 0.418 e. The summed E-state index contributed by atoms with van der Waals surface area (Å²) in [4.78, 5) is 33.4. The zero-order valence-corrected chi connectivity index (χ0v) is 11.9. The Morgan fingerprint density at radius 1 is 1.21 bits per heavy atom. The quantitative estimate of drug-likeness (QED) is 0.682. The monoisotopic (exact) mass is 341 g/mol. The predicted octanol–water partition coefficient (Wildman–Crippen LogP) is 2.41. The van der Waals surface area contributed by atoms with Crippen molar-refractivity contribution in [2.45, 2.75) is 12.7 Å². The molecule has 0 aliphatic heterocycles. The van der Waals surface area contributed by atoms with E-state index in [-0.39, 0.29) is 0 Å². The first-order valence-corrected chi connectivity index (χ1v) is 6.49. The summed E-state index contributed by atoms with van der Waals surface area (Å²) in [5.41, 5.74) is -2.61. The summed E-state index contributed by atoms with van der Waals surface area (Å²) in [6.45, 7) is -0.660. The van der Waals surface area contributed by atoms with Crippen LogP contribution in [0, 0.1) is 10.1 Å². The highest BCUT2D eigenvalue weighted by Crippen LogP contribution is 2.34. The van der Waals surface area contributed by atoms with Gasteiger partial charge in [0.1, 0.15) is 6.54 Å². The van der Waals surface area contributed by atoms with Crippen molar-refractivity contribution >= 4 is 17.3 Å². The van der Waals surface area contributed by atoms with E-state index in [2.05, 4.69) is 5.32 Å². The molecular weight excluding hydrogens is 331 g/mol. The summed E-state index contributed by atoms with van der Waals surface area (Å²) in [5, 5.41) is 12.7. The fourth-order valence-corrected chi connectivity index (χ4v) is 1.93. The van der Waals surface area contributed by atoms with Crippen molar-refractivity contribution in [3.63, 3.8) is 0 Å². The number of carbonyl (C=O) groups is 1. The smallest absolute Gasteiger partial charge is 0.324 e. The van der Waals surface area contributed by atoms with E-state index in [1.54, 1.807) is 0 Å². The minimum atomic E-state index is -4.66. The number of nitro groups is 1. The number of rotatable bonds is 4. The van der Waals surface area contributed by atoms with E-state index >= 15 is 0 Å². The number of benzene rings is 1. The zero-order chi connectivity index (χ0) is 17.9. The number of pyridine rings is 1. The first-order valence-electron chi connectivity index (χ1n) is 6.49. The molecule has 2 rings (SSSR count). The first-order chi connectivity index (χ1) is 11.2. The SMILES string of the molecule is O=C(Cn1cc([N+](=O)[O-])ccc1=O)Nc1ccccc1C(F)(F)F. The predicted molar refractivity (Wildman–Crippen MR) is 77.4 cm³/mol. The molecule has 24 heavy (non-hydrogen) atoms. The Morgan fingerprint density at radius 3 is 2.50 bits per heavy atom. The number of aromatic nitrogens is 1. The molecule has 7 nitrogen and oxygen atoms in total. The first kappa shape index (κ1) is 17.2. The van der Waals surface area contributed by atoms with Gasteiger partial charge in [0.15, 0.2) is 0 Å². The van der Waals surface area contributed by atoms with Crippen LogP contribution in [0.4, 0.5) is 24.5 Å². The van der Waals surface area contributed by atoms with Gasteiger partial charge in [0, 0.05) is 12.1 Å². The van der Waals surface area contributed by atoms with Gasteiger partial charge in [-0.3, -0.25) is 24.3 Å². The number of alkyl halides is 3. The summed E-state index contributed by atoms with van der Waals surface area (Å²) >= 11 is 0. The Balaban J connectivity index is 2.23. The lowest BCUT2D eigenvalue weighted by Crippen LogP contribution is -2.27. The average Bonchev–Trinajstić information content (AvgIpc) is 2.48. The van der Waals surface area contributed by atoms with Crippen LogP contribution in [-0.4, -0.2) is 15.4 Å². The molecule has 1 aromatic heterocycles. The van der Waals surface area contributed by atoms with Crippen LogP contribution in [0.15, 0.2) is 47.4 Å². The zero-order valence-electron chi connectivity index (χ0n) is 11.9. The molecule has 0 aliphatic rings. The molecular formula is C14H10F3N3O4. The highest BCUT2D eigenvalue weighted by atomic mass is 19.4. The summed E-state index contributed by atoms with van der Waals surface area (Å²) < 4.78 is 39.3. The molecule has 0 fully saturated rings. The van der Waals surface area contributed by atoms with Crippen molar-refractivity contribution in [1.82, 2.24) is 4.57 Å². The third-order valence-electron chi connectivity index (χ3n) is 3.00. The number of nitrogens with zero attached hydrogens (tertiary/aromatic N) is 2. The standard InChI is InChI=1S/C14H10F3N3O4/c15-14(16,17)10-3-1-2-4-11(10)18-12(21)8-19-7-9(20(23)24)5-6-13(19)22/h1-7H,8H2,(H,18,21). The van der Waals surface area contributed by atoms with E-state index in [1.165, 1.54) is 12.1 Å². The van der Waals surface area contributed by atoms with Gasteiger partial charge in [0.2, 0.25) is 5.91 Å². The number of para-hydroxylation sites is 1. The van der Waals surface area contributed by atoms with Crippen molar-refractivity contribution in [2.75, 3.05) is 5.32 Å². The van der Waals surface area contributed by atoms with Crippen LogP contribution < -0.4 is 10.9 Å². The van der Waals surface area contributed by atoms with E-state index in [0.29, 0.717) is 0 Å². The Kier molecular flexibility index (Phi) is 4.67. The van der Waals surface area contributed by atoms with Gasteiger partial charge in [-0.15, -0.1) is 0 Å². The van der Waals surface area contributed by atoms with E-state index < -0.39 is 46.0 Å². The third kappa shape index (κ3) is 3.97. The maximum Gasteiger partial charge on any atom is 0.418 e. The molecule has 0 radical (unpaired) electrons. The van der Waals surface area contributed by atoms with E-state index in [9.17, 15) is 32.9 Å². The molecule has 0 atom stereocenters. The minimum Gasteiger partial charge on any atom is -0.324 e. The Morgan fingerprint density at radius 2 is 1.88 bits per heavy atom. The van der Waals surface area contributed by atoms with Crippen LogP contribution in [0.3, 0.4) is 0 Å². The molecule has 126 valence electrons. The average molecular weight is 341 g/mol. The van der Waals surface area contributed by atoms with Crippen LogP contribution in [-0.2, 0) is 17.5 Å². The van der Waals surface area contributed by atoms with Crippen LogP contribution in [0.2, 0.25) is 0 Å². The van der Waals surface area contributed by atoms with Crippen molar-refractivity contribution in [1.29, 1.82) is 0 Å². The molecule has 0 saturated heterocycles. The van der Waals surface area contributed by atoms with Crippen LogP contribution in [0.5, 0.6) is 0 Å². The van der Waals surface area contributed by atoms with Crippen molar-refractivity contribution in [3.05, 3.63) is 68.6 Å². The lowest BCUT2D eigenvalue weighted by Gasteiger charge is -2.13. The Bertz CT molecular complexity index is 846. The molecule has 1 heterocycles. The molecule has 0 saturated carbocycles. The maximum absolute atomic E-state index is 12.9. The second-order valence-electron chi connectivity index (χ2n) is 4.70. The summed E-state index contributed by atoms with van der Waals surface area (Å²) in [6, 6.07) is 6.21. The van der Waals surface area contributed by atoms with Gasteiger partial charge in [0.25, 0.3) is 11.2 Å². The van der Waals surface area contributed by atoms with Gasteiger partial charge in [-0.2, -0.15) is 13.2 Å². The fraction of sp³-hybridized carbons (Fsp3) is 0.143. The molecule has 1 aromatic carbocycles. The second-order valence-corrected chi connectivity index (χ2v) is 4.70. The maximum atomic E-state index is 12.9. The van der Waals surface area contributed by atoms with Crippen molar-refractivity contribution < 1.29 is 22.9 Å². The number of nitrogens with one attached hydrogen (secondary N) is 1. The summed E-state index contributed by atoms with van der Waals surface area (Å²) in [6.07, 6.45) is -3.82. The lowest BCUT2D eigenvalue weighted by atomic mass is 10.1. The minimum absolute atomic E-state index is 0.418. The number of hydrogen-bond acceptors (Lipinski definition) is 4. The number of hydrogen-bond donors (Lipinski definition) is 1.